The minimum absolute atomic E-state index is 0.184. The zero-order valence-electron chi connectivity index (χ0n) is 18.2. The minimum Gasteiger partial charge on any atom is -0.479 e. The molecule has 2 atom stereocenters. The molecular formula is C23H28N2O6S. The molecule has 172 valence electrons. The van der Waals surface area contributed by atoms with E-state index < -0.39 is 34.1 Å². The van der Waals surface area contributed by atoms with E-state index in [4.69, 9.17) is 9.47 Å². The molecule has 0 aromatic heterocycles. The lowest BCUT2D eigenvalue weighted by molar-refractivity contribution is -0.159. The van der Waals surface area contributed by atoms with Crippen LogP contribution >= 0.6 is 0 Å². The largest absolute Gasteiger partial charge is 0.479 e. The first-order valence-corrected chi connectivity index (χ1v) is 12.0. The van der Waals surface area contributed by atoms with Crippen molar-refractivity contribution in [2.75, 3.05) is 18.4 Å². The van der Waals surface area contributed by atoms with Crippen LogP contribution in [-0.2, 0) is 24.3 Å². The van der Waals surface area contributed by atoms with Crippen molar-refractivity contribution >= 4 is 27.6 Å². The lowest BCUT2D eigenvalue weighted by Gasteiger charge is -2.25. The van der Waals surface area contributed by atoms with Crippen molar-refractivity contribution < 1.29 is 27.5 Å². The number of para-hydroxylation sites is 1. The first-order chi connectivity index (χ1) is 15.3. The van der Waals surface area contributed by atoms with Crippen LogP contribution in [0.5, 0.6) is 5.75 Å². The van der Waals surface area contributed by atoms with E-state index in [1.165, 1.54) is 35.5 Å². The third kappa shape index (κ3) is 6.08. The Labute approximate surface area is 188 Å². The van der Waals surface area contributed by atoms with Crippen molar-refractivity contribution in [1.82, 2.24) is 4.31 Å². The van der Waals surface area contributed by atoms with E-state index in [1.807, 2.05) is 6.07 Å². The van der Waals surface area contributed by atoms with E-state index in [2.05, 4.69) is 5.32 Å². The van der Waals surface area contributed by atoms with Crippen LogP contribution in [0.15, 0.2) is 59.5 Å². The van der Waals surface area contributed by atoms with Crippen LogP contribution in [0.25, 0.3) is 0 Å². The number of benzene rings is 2. The van der Waals surface area contributed by atoms with Crippen LogP contribution in [-0.4, -0.2) is 49.9 Å². The summed E-state index contributed by atoms with van der Waals surface area (Å²) >= 11 is 0. The van der Waals surface area contributed by atoms with E-state index >= 15 is 0 Å². The molecule has 0 radical (unpaired) electrons. The van der Waals surface area contributed by atoms with Gasteiger partial charge in [0.2, 0.25) is 10.0 Å². The molecular weight excluding hydrogens is 432 g/mol. The van der Waals surface area contributed by atoms with Gasteiger partial charge in [0.25, 0.3) is 5.91 Å². The van der Waals surface area contributed by atoms with Crippen molar-refractivity contribution in [3.8, 4) is 5.75 Å². The fourth-order valence-corrected chi connectivity index (χ4v) is 4.80. The number of hydrogen-bond donors (Lipinski definition) is 1. The number of amides is 1. The predicted octanol–water partition coefficient (Wildman–Crippen LogP) is 3.20. The Morgan fingerprint density at radius 1 is 0.906 bits per heavy atom. The quantitative estimate of drug-likeness (QED) is 0.607. The zero-order valence-corrected chi connectivity index (χ0v) is 19.0. The smallest absolute Gasteiger partial charge is 0.347 e. The van der Waals surface area contributed by atoms with Crippen molar-refractivity contribution in [1.29, 1.82) is 0 Å². The molecule has 1 aliphatic rings. The highest BCUT2D eigenvalue weighted by atomic mass is 32.2. The van der Waals surface area contributed by atoms with Gasteiger partial charge in [-0.3, -0.25) is 4.79 Å². The molecule has 0 unspecified atom stereocenters. The summed E-state index contributed by atoms with van der Waals surface area (Å²) in [6.07, 6.45) is 0.822. The summed E-state index contributed by atoms with van der Waals surface area (Å²) in [7, 11) is -3.54. The van der Waals surface area contributed by atoms with Crippen LogP contribution in [0.1, 0.15) is 33.1 Å². The zero-order chi connectivity index (χ0) is 23.1. The molecule has 0 saturated carbocycles. The average Bonchev–Trinajstić information content (AvgIpc) is 2.80. The van der Waals surface area contributed by atoms with Gasteiger partial charge in [-0.05, 0) is 63.1 Å². The fourth-order valence-electron chi connectivity index (χ4n) is 3.28. The first kappa shape index (κ1) is 23.7. The van der Waals surface area contributed by atoms with Gasteiger partial charge < -0.3 is 14.8 Å². The highest BCUT2D eigenvalue weighted by Gasteiger charge is 2.26. The van der Waals surface area contributed by atoms with Gasteiger partial charge in [0, 0.05) is 18.8 Å². The summed E-state index contributed by atoms with van der Waals surface area (Å²) in [6, 6.07) is 14.8. The maximum atomic E-state index is 12.7. The Bertz CT molecular complexity index is 1020. The number of sulfonamides is 1. The van der Waals surface area contributed by atoms with Crippen LogP contribution in [0.4, 0.5) is 5.69 Å². The molecule has 3 rings (SSSR count). The number of esters is 1. The van der Waals surface area contributed by atoms with Crippen molar-refractivity contribution in [2.45, 2.75) is 50.2 Å². The lowest BCUT2D eigenvalue weighted by Crippen LogP contribution is -2.35. The van der Waals surface area contributed by atoms with Crippen LogP contribution < -0.4 is 10.1 Å². The van der Waals surface area contributed by atoms with Crippen molar-refractivity contribution in [3.63, 3.8) is 0 Å². The van der Waals surface area contributed by atoms with Crippen molar-refractivity contribution in [2.24, 2.45) is 0 Å². The third-order valence-corrected chi connectivity index (χ3v) is 7.04. The highest BCUT2D eigenvalue weighted by Crippen LogP contribution is 2.22. The van der Waals surface area contributed by atoms with E-state index in [9.17, 15) is 18.0 Å². The molecule has 1 N–H and O–H groups in total. The SMILES string of the molecule is C[C@@H](OC(=O)[C@@H](C)Oc1ccccc1)C(=O)Nc1ccc(S(=O)(=O)N2CCCCC2)cc1. The molecule has 1 heterocycles. The summed E-state index contributed by atoms with van der Waals surface area (Å²) in [6.45, 7) is 4.05. The second-order valence-electron chi connectivity index (χ2n) is 7.63. The first-order valence-electron chi connectivity index (χ1n) is 10.6. The molecule has 9 heteroatoms. The Balaban J connectivity index is 1.54. The monoisotopic (exact) mass is 460 g/mol. The number of nitrogens with zero attached hydrogens (tertiary/aromatic N) is 1. The number of carbonyl (C=O) groups excluding carboxylic acids is 2. The summed E-state index contributed by atoms with van der Waals surface area (Å²) < 4.78 is 37.6. The van der Waals surface area contributed by atoms with E-state index in [0.29, 0.717) is 24.5 Å². The number of anilines is 1. The molecule has 2 aromatic rings. The highest BCUT2D eigenvalue weighted by molar-refractivity contribution is 7.89. The summed E-state index contributed by atoms with van der Waals surface area (Å²) in [5.41, 5.74) is 0.407. The minimum atomic E-state index is -3.54. The fraction of sp³-hybridized carbons (Fsp3) is 0.391. The second-order valence-corrected chi connectivity index (χ2v) is 9.57. The number of carbonyl (C=O) groups is 2. The molecule has 1 amide bonds. The Hall–Kier alpha value is -2.91. The van der Waals surface area contributed by atoms with Gasteiger partial charge in [-0.2, -0.15) is 4.31 Å². The molecule has 0 spiro atoms. The predicted molar refractivity (Wildman–Crippen MR) is 120 cm³/mol. The average molecular weight is 461 g/mol. The molecule has 1 saturated heterocycles. The maximum Gasteiger partial charge on any atom is 0.347 e. The molecule has 1 fully saturated rings. The second kappa shape index (κ2) is 10.6. The molecule has 2 aromatic carbocycles. The van der Waals surface area contributed by atoms with Gasteiger partial charge in [-0.25, -0.2) is 13.2 Å². The van der Waals surface area contributed by atoms with Gasteiger partial charge in [0.05, 0.1) is 4.90 Å². The van der Waals surface area contributed by atoms with Crippen LogP contribution in [0, 0.1) is 0 Å². The Morgan fingerprint density at radius 3 is 2.16 bits per heavy atom. The topological polar surface area (TPSA) is 102 Å². The van der Waals surface area contributed by atoms with Gasteiger partial charge in [0.15, 0.2) is 12.2 Å². The molecule has 0 aliphatic carbocycles. The van der Waals surface area contributed by atoms with Crippen molar-refractivity contribution in [3.05, 3.63) is 54.6 Å². The maximum absolute atomic E-state index is 12.7. The Morgan fingerprint density at radius 2 is 1.53 bits per heavy atom. The van der Waals surface area contributed by atoms with Crippen LogP contribution in [0.3, 0.4) is 0 Å². The van der Waals surface area contributed by atoms with Gasteiger partial charge in [0.1, 0.15) is 5.75 Å². The number of piperidine rings is 1. The normalized spacial score (nSPS) is 16.6. The summed E-state index contributed by atoms with van der Waals surface area (Å²) in [5, 5.41) is 2.63. The number of hydrogen-bond acceptors (Lipinski definition) is 6. The molecule has 0 bridgehead atoms. The van der Waals surface area contributed by atoms with Gasteiger partial charge in [-0.15, -0.1) is 0 Å². The lowest BCUT2D eigenvalue weighted by atomic mass is 10.2. The standard InChI is InChI=1S/C23H28N2O6S/c1-17(31-23(27)18(2)30-20-9-5-3-6-10-20)22(26)24-19-11-13-21(14-12-19)32(28,29)25-15-7-4-8-16-25/h3,5-6,9-14,17-18H,4,7-8,15-16H2,1-2H3,(H,24,26)/t17-,18-/m1/s1. The van der Waals surface area contributed by atoms with E-state index in [1.54, 1.807) is 31.2 Å². The molecule has 1 aliphatic heterocycles. The Kier molecular flexibility index (Phi) is 7.87. The summed E-state index contributed by atoms with van der Waals surface area (Å²) in [5.74, 6) is -0.676. The number of nitrogens with one attached hydrogen (secondary N) is 1. The van der Waals surface area contributed by atoms with Gasteiger partial charge >= 0.3 is 5.97 Å². The molecule has 32 heavy (non-hydrogen) atoms. The van der Waals surface area contributed by atoms with E-state index in [0.717, 1.165) is 19.3 Å². The summed E-state index contributed by atoms with van der Waals surface area (Å²) in [4.78, 5) is 24.8. The number of ether oxygens (including phenoxy) is 2. The van der Waals surface area contributed by atoms with E-state index in [-0.39, 0.29) is 4.90 Å². The number of rotatable bonds is 8. The molecule has 8 nitrogen and oxygen atoms in total. The van der Waals surface area contributed by atoms with Gasteiger partial charge in [-0.1, -0.05) is 24.6 Å². The van der Waals surface area contributed by atoms with Crippen LogP contribution in [0.2, 0.25) is 0 Å². The third-order valence-electron chi connectivity index (χ3n) is 5.12.